The van der Waals surface area contributed by atoms with Gasteiger partial charge in [0.2, 0.25) is 0 Å². The van der Waals surface area contributed by atoms with Crippen LogP contribution in [0.5, 0.6) is 0 Å². The summed E-state index contributed by atoms with van der Waals surface area (Å²) in [5, 5.41) is 0.378. The van der Waals surface area contributed by atoms with Gasteiger partial charge in [-0.1, -0.05) is 61.3 Å². The Balaban J connectivity index is 1.65. The fraction of sp³-hybridized carbons (Fsp3) is 0.480. The number of ether oxygens (including phenoxy) is 2. The molecule has 3 atom stereocenters. The lowest BCUT2D eigenvalue weighted by atomic mass is 9.75. The van der Waals surface area contributed by atoms with Gasteiger partial charge >= 0.3 is 6.09 Å². The smallest absolute Gasteiger partial charge is 0.424 e. The highest BCUT2D eigenvalue weighted by Gasteiger charge is 2.62. The quantitative estimate of drug-likeness (QED) is 0.517. The standard InChI is InChI=1S/C25H30ClNO5S/c1-17(2)25-14-13-24(4,32-25)22(15-25)31-23(28)27(16-19-7-5-6-8-21(19)26)33(29,30)20-11-9-18(3)10-12-20/h5-12,17,22H,13-16H2,1-4H3/t22-,24+,25-/m1/s1. The van der Waals surface area contributed by atoms with Gasteiger partial charge in [0.1, 0.15) is 11.7 Å². The Morgan fingerprint density at radius 3 is 2.45 bits per heavy atom. The molecule has 2 saturated heterocycles. The monoisotopic (exact) mass is 491 g/mol. The van der Waals surface area contributed by atoms with Gasteiger partial charge in [-0.2, -0.15) is 4.31 Å². The third kappa shape index (κ3) is 4.38. The van der Waals surface area contributed by atoms with Crippen LogP contribution in [0.15, 0.2) is 53.4 Å². The average Bonchev–Trinajstić information content (AvgIpc) is 3.25. The van der Waals surface area contributed by atoms with Gasteiger partial charge in [0.05, 0.1) is 17.0 Å². The summed E-state index contributed by atoms with van der Waals surface area (Å²) in [6, 6.07) is 13.2. The molecule has 0 unspecified atom stereocenters. The highest BCUT2D eigenvalue weighted by atomic mass is 35.5. The van der Waals surface area contributed by atoms with Crippen LogP contribution in [0.1, 0.15) is 51.2 Å². The molecule has 0 saturated carbocycles. The van der Waals surface area contributed by atoms with Crippen molar-refractivity contribution in [2.24, 2.45) is 5.92 Å². The molecule has 6 nitrogen and oxygen atoms in total. The van der Waals surface area contributed by atoms with Crippen LogP contribution in [-0.2, 0) is 26.0 Å². The first-order valence-corrected chi connectivity index (χ1v) is 13.0. The number of halogens is 1. The Morgan fingerprint density at radius 2 is 1.85 bits per heavy atom. The molecule has 33 heavy (non-hydrogen) atoms. The lowest BCUT2D eigenvalue weighted by molar-refractivity contribution is -0.0827. The van der Waals surface area contributed by atoms with E-state index in [4.69, 9.17) is 21.1 Å². The molecule has 2 aliphatic heterocycles. The molecule has 2 aromatic rings. The fourth-order valence-corrected chi connectivity index (χ4v) is 6.26. The van der Waals surface area contributed by atoms with Crippen LogP contribution in [0, 0.1) is 12.8 Å². The number of carbonyl (C=O) groups is 1. The van der Waals surface area contributed by atoms with Crippen LogP contribution in [0.4, 0.5) is 4.79 Å². The summed E-state index contributed by atoms with van der Waals surface area (Å²) < 4.78 is 40.1. The van der Waals surface area contributed by atoms with Gasteiger partial charge in [-0.3, -0.25) is 0 Å². The van der Waals surface area contributed by atoms with Gasteiger partial charge in [-0.15, -0.1) is 0 Å². The fourth-order valence-electron chi connectivity index (χ4n) is 4.78. The Hall–Kier alpha value is -2.09. The minimum Gasteiger partial charge on any atom is -0.442 e. The molecule has 4 rings (SSSR count). The number of nitrogens with zero attached hydrogens (tertiary/aromatic N) is 1. The number of benzene rings is 2. The molecule has 0 radical (unpaired) electrons. The van der Waals surface area contributed by atoms with Gasteiger partial charge in [0.25, 0.3) is 10.0 Å². The molecule has 0 aromatic heterocycles. The summed E-state index contributed by atoms with van der Waals surface area (Å²) in [5.74, 6) is 0.263. The van der Waals surface area contributed by atoms with Gasteiger partial charge in [0, 0.05) is 11.4 Å². The number of amides is 1. The number of carbonyl (C=O) groups excluding carboxylic acids is 1. The maximum atomic E-state index is 13.5. The molecule has 8 heteroatoms. The van der Waals surface area contributed by atoms with Crippen molar-refractivity contribution in [2.75, 3.05) is 0 Å². The SMILES string of the molecule is Cc1ccc(S(=O)(=O)N(Cc2ccccc2Cl)C(=O)O[C@@H]2C[C@@]3(C(C)C)CC[C@]2(C)O3)cc1. The predicted molar refractivity (Wildman–Crippen MR) is 127 cm³/mol. The summed E-state index contributed by atoms with van der Waals surface area (Å²) in [6.07, 6.45) is 0.774. The second kappa shape index (κ2) is 8.60. The summed E-state index contributed by atoms with van der Waals surface area (Å²) in [5.41, 5.74) is 0.466. The largest absolute Gasteiger partial charge is 0.442 e. The van der Waals surface area contributed by atoms with Gasteiger partial charge in [-0.25, -0.2) is 13.2 Å². The van der Waals surface area contributed by atoms with Crippen molar-refractivity contribution >= 4 is 27.7 Å². The van der Waals surface area contributed by atoms with Crippen LogP contribution in [0.25, 0.3) is 0 Å². The average molecular weight is 492 g/mol. The van der Waals surface area contributed by atoms with E-state index in [1.165, 1.54) is 12.1 Å². The lowest BCUT2D eigenvalue weighted by Crippen LogP contribution is -2.45. The minimum absolute atomic E-state index is 0.0196. The number of fused-ring (bicyclic) bond motifs is 2. The molecule has 0 aliphatic carbocycles. The van der Waals surface area contributed by atoms with Crippen molar-refractivity contribution in [2.45, 2.75) is 75.7 Å². The number of rotatable bonds is 6. The molecular formula is C25H30ClNO5S. The van der Waals surface area contributed by atoms with Crippen molar-refractivity contribution < 1.29 is 22.7 Å². The number of hydrogen-bond acceptors (Lipinski definition) is 5. The van der Waals surface area contributed by atoms with Crippen molar-refractivity contribution in [3.63, 3.8) is 0 Å². The molecule has 2 aliphatic rings. The summed E-state index contributed by atoms with van der Waals surface area (Å²) in [6.45, 7) is 7.78. The van der Waals surface area contributed by atoms with Crippen molar-refractivity contribution in [3.8, 4) is 0 Å². The maximum absolute atomic E-state index is 13.5. The van der Waals surface area contributed by atoms with E-state index in [9.17, 15) is 13.2 Å². The second-order valence-electron chi connectivity index (χ2n) is 9.63. The van der Waals surface area contributed by atoms with Gasteiger partial charge in [0.15, 0.2) is 0 Å². The molecule has 0 spiro atoms. The van der Waals surface area contributed by atoms with Crippen LogP contribution < -0.4 is 0 Å². The van der Waals surface area contributed by atoms with E-state index in [1.54, 1.807) is 36.4 Å². The third-order valence-corrected chi connectivity index (χ3v) is 9.17. The first-order chi connectivity index (χ1) is 15.5. The second-order valence-corrected chi connectivity index (χ2v) is 11.9. The van der Waals surface area contributed by atoms with Crippen molar-refractivity contribution in [3.05, 3.63) is 64.7 Å². The van der Waals surface area contributed by atoms with E-state index in [2.05, 4.69) is 13.8 Å². The molecule has 2 aromatic carbocycles. The Kier molecular flexibility index (Phi) is 6.27. The van der Waals surface area contributed by atoms with E-state index in [1.807, 2.05) is 13.8 Å². The predicted octanol–water partition coefficient (Wildman–Crippen LogP) is 5.71. The van der Waals surface area contributed by atoms with Crippen molar-refractivity contribution in [1.82, 2.24) is 4.31 Å². The van der Waals surface area contributed by atoms with Crippen LogP contribution in [0.2, 0.25) is 5.02 Å². The summed E-state index contributed by atoms with van der Waals surface area (Å²) >= 11 is 6.29. The van der Waals surface area contributed by atoms with E-state index in [-0.39, 0.29) is 23.0 Å². The van der Waals surface area contributed by atoms with Gasteiger partial charge in [-0.05, 0) is 56.4 Å². The minimum atomic E-state index is -4.18. The Labute approximate surface area is 200 Å². The van der Waals surface area contributed by atoms with E-state index in [0.29, 0.717) is 17.0 Å². The topological polar surface area (TPSA) is 72.9 Å². The van der Waals surface area contributed by atoms with Crippen LogP contribution in [-0.4, -0.2) is 36.1 Å². The number of aryl methyl sites for hydroxylation is 1. The Morgan fingerprint density at radius 1 is 1.18 bits per heavy atom. The van der Waals surface area contributed by atoms with Crippen LogP contribution >= 0.6 is 11.6 Å². The first kappa shape index (κ1) is 24.0. The highest BCUT2D eigenvalue weighted by Crippen LogP contribution is 2.55. The molecule has 1 amide bonds. The number of hydrogen-bond donors (Lipinski definition) is 0. The molecule has 2 fully saturated rings. The van der Waals surface area contributed by atoms with E-state index in [0.717, 1.165) is 22.7 Å². The zero-order valence-electron chi connectivity index (χ0n) is 19.4. The summed E-state index contributed by atoms with van der Waals surface area (Å²) in [7, 11) is -4.18. The van der Waals surface area contributed by atoms with Crippen LogP contribution in [0.3, 0.4) is 0 Å². The number of sulfonamides is 1. The molecule has 0 N–H and O–H groups in total. The Bertz CT molecular complexity index is 1150. The highest BCUT2D eigenvalue weighted by molar-refractivity contribution is 7.89. The summed E-state index contributed by atoms with van der Waals surface area (Å²) in [4.78, 5) is 13.4. The zero-order valence-corrected chi connectivity index (χ0v) is 20.9. The molecular weight excluding hydrogens is 462 g/mol. The lowest BCUT2D eigenvalue weighted by Gasteiger charge is -2.32. The first-order valence-electron chi connectivity index (χ1n) is 11.2. The normalized spacial score (nSPS) is 26.5. The molecule has 2 bridgehead atoms. The maximum Gasteiger partial charge on any atom is 0.424 e. The van der Waals surface area contributed by atoms with Crippen molar-refractivity contribution in [1.29, 1.82) is 0 Å². The molecule has 2 heterocycles. The van der Waals surface area contributed by atoms with E-state index < -0.39 is 27.8 Å². The zero-order chi connectivity index (χ0) is 24.0. The molecule has 178 valence electrons. The third-order valence-electron chi connectivity index (χ3n) is 7.07. The van der Waals surface area contributed by atoms with E-state index >= 15 is 0 Å². The van der Waals surface area contributed by atoms with Gasteiger partial charge < -0.3 is 9.47 Å².